The summed E-state index contributed by atoms with van der Waals surface area (Å²) in [5.74, 6) is -0.0685. The molecule has 0 bridgehead atoms. The van der Waals surface area contributed by atoms with Crippen molar-refractivity contribution in [1.82, 2.24) is 15.3 Å². The number of carbonyl (C=O) groups excluding carboxylic acids is 1. The summed E-state index contributed by atoms with van der Waals surface area (Å²) in [6, 6.07) is 9.81. The molecule has 1 N–H and O–H groups in total. The van der Waals surface area contributed by atoms with E-state index in [9.17, 15) is 4.79 Å². The highest BCUT2D eigenvalue weighted by Gasteiger charge is 2.17. The molecule has 22 heavy (non-hydrogen) atoms. The maximum absolute atomic E-state index is 12.4. The van der Waals surface area contributed by atoms with E-state index in [1.807, 2.05) is 42.6 Å². The molecule has 2 heterocycles. The van der Waals surface area contributed by atoms with Gasteiger partial charge < -0.3 is 5.32 Å². The molecule has 6 heteroatoms. The predicted octanol–water partition coefficient (Wildman–Crippen LogP) is 3.55. The van der Waals surface area contributed by atoms with Gasteiger partial charge in [0.25, 0.3) is 5.91 Å². The number of rotatable bonds is 5. The molecule has 2 aromatic heterocycles. The van der Waals surface area contributed by atoms with Gasteiger partial charge in [0.2, 0.25) is 0 Å². The zero-order valence-electron chi connectivity index (χ0n) is 12.1. The fourth-order valence-corrected chi connectivity index (χ4v) is 3.59. The Kier molecular flexibility index (Phi) is 4.60. The quantitative estimate of drug-likeness (QED) is 0.779. The third-order valence-electron chi connectivity index (χ3n) is 3.10. The smallest absolute Gasteiger partial charge is 0.263 e. The molecule has 1 amide bonds. The summed E-state index contributed by atoms with van der Waals surface area (Å²) >= 11 is 3.03. The minimum atomic E-state index is -0.0685. The lowest BCUT2D eigenvalue weighted by atomic mass is 10.1. The van der Waals surface area contributed by atoms with Crippen LogP contribution >= 0.6 is 22.7 Å². The molecule has 0 aliphatic heterocycles. The summed E-state index contributed by atoms with van der Waals surface area (Å²) in [5.41, 5.74) is 1.73. The zero-order valence-corrected chi connectivity index (χ0v) is 13.7. The van der Waals surface area contributed by atoms with Gasteiger partial charge in [0.05, 0.1) is 15.7 Å². The van der Waals surface area contributed by atoms with Crippen LogP contribution in [0.2, 0.25) is 0 Å². The first-order chi connectivity index (χ1) is 10.7. The molecular weight excluding hydrogens is 314 g/mol. The fraction of sp³-hybridized carbons (Fsp3) is 0.188. The van der Waals surface area contributed by atoms with Gasteiger partial charge in [-0.3, -0.25) is 4.79 Å². The fourth-order valence-electron chi connectivity index (χ4n) is 2.11. The second-order valence-corrected chi connectivity index (χ2v) is 6.89. The molecule has 0 atom stereocenters. The van der Waals surface area contributed by atoms with Gasteiger partial charge in [-0.2, -0.15) is 0 Å². The van der Waals surface area contributed by atoms with E-state index < -0.39 is 0 Å². The molecule has 0 radical (unpaired) electrons. The van der Waals surface area contributed by atoms with Crippen LogP contribution in [0.1, 0.15) is 19.7 Å². The van der Waals surface area contributed by atoms with Crippen LogP contribution < -0.4 is 5.32 Å². The van der Waals surface area contributed by atoms with Crippen molar-refractivity contribution in [1.29, 1.82) is 0 Å². The van der Waals surface area contributed by atoms with Gasteiger partial charge in [0, 0.05) is 30.1 Å². The summed E-state index contributed by atoms with van der Waals surface area (Å²) < 4.78 is 0. The van der Waals surface area contributed by atoms with Gasteiger partial charge in [-0.1, -0.05) is 30.3 Å². The first kappa shape index (κ1) is 14.9. The second-order valence-electron chi connectivity index (χ2n) is 4.71. The third-order valence-corrected chi connectivity index (χ3v) is 4.90. The van der Waals surface area contributed by atoms with Crippen LogP contribution in [0.5, 0.6) is 0 Å². The molecule has 0 spiro atoms. The number of benzene rings is 1. The Morgan fingerprint density at radius 1 is 1.27 bits per heavy atom. The number of hydrogen-bond acceptors (Lipinski definition) is 5. The van der Waals surface area contributed by atoms with Crippen molar-refractivity contribution in [2.75, 3.05) is 6.54 Å². The molecule has 0 saturated heterocycles. The van der Waals surface area contributed by atoms with Crippen LogP contribution in [0.25, 0.3) is 11.3 Å². The molecule has 0 unspecified atom stereocenters. The average molecular weight is 329 g/mol. The summed E-state index contributed by atoms with van der Waals surface area (Å²) in [6.45, 7) is 2.50. The number of aromatic nitrogens is 2. The molecule has 112 valence electrons. The summed E-state index contributed by atoms with van der Waals surface area (Å²) in [7, 11) is 0. The van der Waals surface area contributed by atoms with Gasteiger partial charge >= 0.3 is 0 Å². The Balaban J connectivity index is 1.72. The van der Waals surface area contributed by atoms with Gasteiger partial charge in [0.15, 0.2) is 0 Å². The molecule has 3 aromatic rings. The normalized spacial score (nSPS) is 10.6. The lowest BCUT2D eigenvalue weighted by Gasteiger charge is -2.04. The average Bonchev–Trinajstić information content (AvgIpc) is 3.17. The lowest BCUT2D eigenvalue weighted by molar-refractivity contribution is 0.0958. The molecule has 4 nitrogen and oxygen atoms in total. The van der Waals surface area contributed by atoms with Gasteiger partial charge in [-0.05, 0) is 6.92 Å². The number of hydrogen-bond donors (Lipinski definition) is 1. The molecule has 0 aliphatic rings. The van der Waals surface area contributed by atoms with Crippen molar-refractivity contribution in [3.63, 3.8) is 0 Å². The lowest BCUT2D eigenvalue weighted by Crippen LogP contribution is -2.25. The zero-order chi connectivity index (χ0) is 15.4. The number of thiazole rings is 2. The van der Waals surface area contributed by atoms with Crippen LogP contribution in [0.15, 0.2) is 41.9 Å². The molecule has 0 aliphatic carbocycles. The highest BCUT2D eigenvalue weighted by Crippen LogP contribution is 2.27. The summed E-state index contributed by atoms with van der Waals surface area (Å²) in [6.07, 6.45) is 2.53. The first-order valence-corrected chi connectivity index (χ1v) is 8.63. The summed E-state index contributed by atoms with van der Waals surface area (Å²) in [4.78, 5) is 21.8. The maximum Gasteiger partial charge on any atom is 0.263 e. The number of nitrogens with zero attached hydrogens (tertiary/aromatic N) is 2. The number of aryl methyl sites for hydroxylation is 1. The van der Waals surface area contributed by atoms with E-state index in [0.29, 0.717) is 11.4 Å². The Morgan fingerprint density at radius 2 is 2.09 bits per heavy atom. The van der Waals surface area contributed by atoms with Crippen molar-refractivity contribution in [2.45, 2.75) is 13.3 Å². The van der Waals surface area contributed by atoms with Crippen LogP contribution in [-0.4, -0.2) is 22.4 Å². The van der Waals surface area contributed by atoms with Crippen LogP contribution in [-0.2, 0) is 6.42 Å². The first-order valence-electron chi connectivity index (χ1n) is 6.93. The molecular formula is C16H15N3OS2. The van der Waals surface area contributed by atoms with Crippen molar-refractivity contribution >= 4 is 28.6 Å². The number of carbonyl (C=O) groups is 1. The number of amides is 1. The summed E-state index contributed by atoms with van der Waals surface area (Å²) in [5, 5.41) is 6.82. The second kappa shape index (κ2) is 6.81. The minimum Gasteiger partial charge on any atom is -0.351 e. The van der Waals surface area contributed by atoms with Crippen LogP contribution in [0, 0.1) is 6.92 Å². The topological polar surface area (TPSA) is 54.9 Å². The minimum absolute atomic E-state index is 0.0685. The van der Waals surface area contributed by atoms with Crippen molar-refractivity contribution < 1.29 is 4.79 Å². The highest BCUT2D eigenvalue weighted by molar-refractivity contribution is 7.14. The predicted molar refractivity (Wildman–Crippen MR) is 90.4 cm³/mol. The maximum atomic E-state index is 12.4. The molecule has 0 fully saturated rings. The van der Waals surface area contributed by atoms with E-state index in [1.165, 1.54) is 11.3 Å². The molecule has 1 aromatic carbocycles. The van der Waals surface area contributed by atoms with Crippen molar-refractivity contribution in [3.8, 4) is 11.3 Å². The molecule has 0 saturated carbocycles. The van der Waals surface area contributed by atoms with E-state index in [-0.39, 0.29) is 5.91 Å². The third kappa shape index (κ3) is 3.40. The van der Waals surface area contributed by atoms with E-state index in [1.54, 1.807) is 17.5 Å². The van der Waals surface area contributed by atoms with Gasteiger partial charge in [0.1, 0.15) is 4.88 Å². The van der Waals surface area contributed by atoms with Crippen molar-refractivity contribution in [3.05, 3.63) is 56.8 Å². The largest absolute Gasteiger partial charge is 0.351 e. The standard InChI is InChI=1S/C16H15N3OS2/c1-11-19-14(12-5-3-2-4-6-12)15(22-11)16(20)18-8-7-13-17-9-10-21-13/h2-6,9-10H,7-8H2,1H3,(H,18,20). The van der Waals surface area contributed by atoms with Gasteiger partial charge in [-0.15, -0.1) is 22.7 Å². The van der Waals surface area contributed by atoms with Crippen LogP contribution in [0.4, 0.5) is 0 Å². The van der Waals surface area contributed by atoms with E-state index >= 15 is 0 Å². The Hall–Kier alpha value is -2.05. The monoisotopic (exact) mass is 329 g/mol. The van der Waals surface area contributed by atoms with E-state index in [2.05, 4.69) is 15.3 Å². The Morgan fingerprint density at radius 3 is 2.82 bits per heavy atom. The van der Waals surface area contributed by atoms with Crippen molar-refractivity contribution in [2.24, 2.45) is 0 Å². The van der Waals surface area contributed by atoms with E-state index in [0.717, 1.165) is 27.7 Å². The van der Waals surface area contributed by atoms with Gasteiger partial charge in [-0.25, -0.2) is 9.97 Å². The Labute approximate surface area is 136 Å². The Bertz CT molecular complexity index is 751. The SMILES string of the molecule is Cc1nc(-c2ccccc2)c(C(=O)NCCc2nccs2)s1. The molecule has 3 rings (SSSR count). The van der Waals surface area contributed by atoms with E-state index in [4.69, 9.17) is 0 Å². The number of nitrogens with one attached hydrogen (secondary N) is 1. The van der Waals surface area contributed by atoms with Crippen LogP contribution in [0.3, 0.4) is 0 Å². The highest BCUT2D eigenvalue weighted by atomic mass is 32.1.